The van der Waals surface area contributed by atoms with Crippen LogP contribution in [0.25, 0.3) is 0 Å². The number of sulfonamides is 1. The van der Waals surface area contributed by atoms with Gasteiger partial charge in [-0.05, 0) is 12.8 Å². The standard InChI is InChI=1S/C10H14N6O7S3/c11-8(14-25(18,19)7-4-24-9(12)13-7)6-2-1-5-3-15(6)10(17)16(5)23-26(20,21)22/h4-6H,1-3H2,(H2,11,14)(H2,12,13)(H,20,21,22). The number of amides is 2. The van der Waals surface area contributed by atoms with Crippen molar-refractivity contribution in [3.05, 3.63) is 5.38 Å². The minimum Gasteiger partial charge on any atom is -0.375 e. The first-order chi connectivity index (χ1) is 12.0. The smallest absolute Gasteiger partial charge is 0.375 e. The van der Waals surface area contributed by atoms with E-state index in [4.69, 9.17) is 15.7 Å². The van der Waals surface area contributed by atoms with E-state index in [1.165, 1.54) is 5.38 Å². The summed E-state index contributed by atoms with van der Waals surface area (Å²) < 4.78 is 61.2. The number of hydroxylamine groups is 2. The summed E-state index contributed by atoms with van der Waals surface area (Å²) in [6.07, 6.45) is 0.443. The Labute approximate surface area is 152 Å². The van der Waals surface area contributed by atoms with Crippen molar-refractivity contribution in [3.63, 3.8) is 0 Å². The number of piperidine rings is 1. The fourth-order valence-corrected chi connectivity index (χ4v) is 5.06. The molecule has 144 valence electrons. The van der Waals surface area contributed by atoms with Gasteiger partial charge in [0.15, 0.2) is 10.2 Å². The number of hydrogen-bond donors (Lipinski definition) is 4. The number of nitrogens with two attached hydrogens (primary N) is 1. The average Bonchev–Trinajstić information content (AvgIpc) is 3.05. The van der Waals surface area contributed by atoms with Crippen LogP contribution in [0.15, 0.2) is 10.4 Å². The zero-order chi connectivity index (χ0) is 19.3. The Bertz CT molecular complexity index is 958. The van der Waals surface area contributed by atoms with Crippen LogP contribution in [0, 0.1) is 5.41 Å². The highest BCUT2D eigenvalue weighted by Gasteiger charge is 2.48. The molecule has 0 aliphatic carbocycles. The van der Waals surface area contributed by atoms with Gasteiger partial charge in [-0.3, -0.25) is 14.7 Å². The number of nitrogens with zero attached hydrogens (tertiary/aromatic N) is 3. The molecule has 16 heteroatoms. The summed E-state index contributed by atoms with van der Waals surface area (Å²) in [6, 6.07) is -2.46. The van der Waals surface area contributed by atoms with Crippen molar-refractivity contribution in [2.24, 2.45) is 0 Å². The number of nitrogens with one attached hydrogen (secondary N) is 2. The van der Waals surface area contributed by atoms with Gasteiger partial charge in [0.25, 0.3) is 10.0 Å². The molecule has 2 fully saturated rings. The van der Waals surface area contributed by atoms with E-state index in [0.717, 1.165) is 16.2 Å². The molecule has 2 atom stereocenters. The van der Waals surface area contributed by atoms with Crippen LogP contribution in [0.3, 0.4) is 0 Å². The molecule has 1 aromatic heterocycles. The Balaban J connectivity index is 1.75. The Morgan fingerprint density at radius 1 is 1.42 bits per heavy atom. The number of carbonyl (C=O) groups excluding carboxylic acids is 1. The van der Waals surface area contributed by atoms with E-state index in [0.29, 0.717) is 5.06 Å². The molecular weight excluding hydrogens is 412 g/mol. The monoisotopic (exact) mass is 426 g/mol. The quantitative estimate of drug-likeness (QED) is 0.259. The normalized spacial score (nSPS) is 23.3. The molecule has 26 heavy (non-hydrogen) atoms. The van der Waals surface area contributed by atoms with Gasteiger partial charge in [0.2, 0.25) is 0 Å². The molecule has 0 radical (unpaired) electrons. The third-order valence-electron chi connectivity index (χ3n) is 3.85. The van der Waals surface area contributed by atoms with Crippen molar-refractivity contribution in [1.82, 2.24) is 19.7 Å². The summed E-state index contributed by atoms with van der Waals surface area (Å²) >= 11 is 0.920. The molecule has 2 bridgehead atoms. The maximum atomic E-state index is 12.3. The van der Waals surface area contributed by atoms with E-state index in [1.54, 1.807) is 0 Å². The van der Waals surface area contributed by atoms with Gasteiger partial charge in [-0.15, -0.1) is 15.6 Å². The molecule has 0 saturated carbocycles. The summed E-state index contributed by atoms with van der Waals surface area (Å²) in [6.45, 7) is 0.0206. The number of thiazole rings is 1. The first-order valence-corrected chi connectivity index (χ1v) is 10.8. The summed E-state index contributed by atoms with van der Waals surface area (Å²) in [7, 11) is -9.02. The van der Waals surface area contributed by atoms with Gasteiger partial charge in [0, 0.05) is 11.9 Å². The summed E-state index contributed by atoms with van der Waals surface area (Å²) in [4.78, 5) is 17.0. The number of anilines is 1. The number of amidine groups is 1. The Morgan fingerprint density at radius 3 is 2.69 bits per heavy atom. The molecule has 3 heterocycles. The lowest BCUT2D eigenvalue weighted by molar-refractivity contribution is -0.0316. The van der Waals surface area contributed by atoms with Crippen LogP contribution < -0.4 is 10.5 Å². The molecule has 2 unspecified atom stereocenters. The van der Waals surface area contributed by atoms with Gasteiger partial charge in [0.05, 0.1) is 12.1 Å². The van der Waals surface area contributed by atoms with Crippen molar-refractivity contribution in [3.8, 4) is 0 Å². The Kier molecular flexibility index (Phi) is 4.55. The highest BCUT2D eigenvalue weighted by Crippen LogP contribution is 2.31. The van der Waals surface area contributed by atoms with E-state index in [9.17, 15) is 21.6 Å². The van der Waals surface area contributed by atoms with Crippen LogP contribution in [0.1, 0.15) is 12.8 Å². The fourth-order valence-electron chi connectivity index (χ4n) is 2.79. The predicted octanol–water partition coefficient (Wildman–Crippen LogP) is -1.02. The maximum absolute atomic E-state index is 12.3. The van der Waals surface area contributed by atoms with Gasteiger partial charge < -0.3 is 10.6 Å². The third kappa shape index (κ3) is 3.58. The second-order valence-corrected chi connectivity index (χ2v) is 9.08. The maximum Gasteiger partial charge on any atom is 0.418 e. The lowest BCUT2D eigenvalue weighted by Crippen LogP contribution is -2.50. The number of hydrogen-bond acceptors (Lipinski definition) is 10. The van der Waals surface area contributed by atoms with E-state index in [1.807, 2.05) is 4.72 Å². The molecule has 1 aromatic rings. The Morgan fingerprint density at radius 2 is 2.12 bits per heavy atom. The second-order valence-electron chi connectivity index (χ2n) is 5.55. The zero-order valence-electron chi connectivity index (χ0n) is 12.9. The molecule has 2 amide bonds. The molecule has 0 spiro atoms. The van der Waals surface area contributed by atoms with Crippen molar-refractivity contribution < 1.29 is 30.5 Å². The number of fused-ring (bicyclic) bond motifs is 2. The molecular formula is C10H14N6O7S3. The minimum absolute atomic E-state index is 0.0206. The van der Waals surface area contributed by atoms with Crippen LogP contribution in [0.5, 0.6) is 0 Å². The number of nitrogen functional groups attached to an aromatic ring is 1. The second kappa shape index (κ2) is 6.31. The summed E-state index contributed by atoms with van der Waals surface area (Å²) in [5.74, 6) is -0.475. The van der Waals surface area contributed by atoms with Crippen molar-refractivity contribution in [2.75, 3.05) is 12.3 Å². The fraction of sp³-hybridized carbons (Fsp3) is 0.500. The number of aromatic nitrogens is 1. The van der Waals surface area contributed by atoms with Crippen molar-refractivity contribution in [1.29, 1.82) is 5.41 Å². The lowest BCUT2D eigenvalue weighted by atomic mass is 10.0. The Hall–Kier alpha value is -2.01. The van der Waals surface area contributed by atoms with Gasteiger partial charge in [0.1, 0.15) is 5.84 Å². The van der Waals surface area contributed by atoms with E-state index >= 15 is 0 Å². The summed E-state index contributed by atoms with van der Waals surface area (Å²) in [5, 5.41) is 9.44. The van der Waals surface area contributed by atoms with E-state index in [-0.39, 0.29) is 29.5 Å². The zero-order valence-corrected chi connectivity index (χ0v) is 15.3. The van der Waals surface area contributed by atoms with Crippen LogP contribution in [0.2, 0.25) is 0 Å². The van der Waals surface area contributed by atoms with Gasteiger partial charge in [-0.25, -0.2) is 9.78 Å². The highest BCUT2D eigenvalue weighted by atomic mass is 32.3. The predicted molar refractivity (Wildman–Crippen MR) is 88.0 cm³/mol. The van der Waals surface area contributed by atoms with Crippen molar-refractivity contribution >= 4 is 48.8 Å². The largest absolute Gasteiger partial charge is 0.418 e. The molecule has 13 nitrogen and oxygen atoms in total. The first kappa shape index (κ1) is 18.8. The van der Waals surface area contributed by atoms with E-state index < -0.39 is 44.4 Å². The van der Waals surface area contributed by atoms with Crippen LogP contribution in [-0.4, -0.2) is 66.8 Å². The first-order valence-electron chi connectivity index (χ1n) is 7.07. The number of rotatable bonds is 5. The molecule has 2 saturated heterocycles. The van der Waals surface area contributed by atoms with E-state index in [2.05, 4.69) is 9.27 Å². The van der Waals surface area contributed by atoms with Gasteiger partial charge in [-0.1, -0.05) is 0 Å². The highest BCUT2D eigenvalue weighted by molar-refractivity contribution is 7.90. The average molecular weight is 426 g/mol. The summed E-state index contributed by atoms with van der Waals surface area (Å²) in [5.41, 5.74) is 5.40. The molecule has 2 aliphatic rings. The topological polar surface area (TPSA) is 196 Å². The SMILES string of the molecule is N=C(NS(=O)(=O)c1csc(N)n1)C1CCC2CN1C(=O)N2OS(=O)(=O)O. The third-order valence-corrected chi connectivity index (χ3v) is 6.27. The molecule has 0 aromatic carbocycles. The lowest BCUT2D eigenvalue weighted by Gasteiger charge is -2.30. The number of urea groups is 1. The van der Waals surface area contributed by atoms with Gasteiger partial charge in [-0.2, -0.15) is 21.9 Å². The minimum atomic E-state index is -4.89. The van der Waals surface area contributed by atoms with Crippen LogP contribution >= 0.6 is 11.3 Å². The molecule has 3 rings (SSSR count). The van der Waals surface area contributed by atoms with Crippen LogP contribution in [-0.2, 0) is 24.7 Å². The molecule has 5 N–H and O–H groups in total. The van der Waals surface area contributed by atoms with Crippen LogP contribution in [0.4, 0.5) is 9.93 Å². The molecule has 2 aliphatic heterocycles. The number of carbonyl (C=O) groups is 1. The van der Waals surface area contributed by atoms with Gasteiger partial charge >= 0.3 is 16.4 Å². The van der Waals surface area contributed by atoms with Crippen molar-refractivity contribution in [2.45, 2.75) is 30.0 Å².